The summed E-state index contributed by atoms with van der Waals surface area (Å²) in [6, 6.07) is 3.65. The Bertz CT molecular complexity index is 505. The number of nitrogens with one attached hydrogen (secondary N) is 1. The minimum absolute atomic E-state index is 0.0156. The van der Waals surface area contributed by atoms with E-state index in [0.29, 0.717) is 5.92 Å². The number of rotatable bonds is 7. The highest BCUT2D eigenvalue weighted by Gasteiger charge is 2.24. The topological polar surface area (TPSA) is 63.2 Å². The third kappa shape index (κ3) is 3.49. The zero-order valence-electron chi connectivity index (χ0n) is 12.3. The molecule has 2 rings (SSSR count). The Balaban J connectivity index is 2.22. The number of aryl methyl sites for hydroxylation is 1. The van der Waals surface area contributed by atoms with Gasteiger partial charge in [0.2, 0.25) is 0 Å². The van der Waals surface area contributed by atoms with E-state index in [1.54, 1.807) is 12.5 Å². The van der Waals surface area contributed by atoms with Gasteiger partial charge in [-0.05, 0) is 24.5 Å². The number of aromatic nitrogens is 2. The van der Waals surface area contributed by atoms with E-state index < -0.39 is 0 Å². The first-order valence-corrected chi connectivity index (χ1v) is 6.99. The van der Waals surface area contributed by atoms with E-state index in [1.807, 2.05) is 29.9 Å². The second-order valence-electron chi connectivity index (χ2n) is 5.52. The van der Waals surface area contributed by atoms with Gasteiger partial charge in [-0.15, -0.1) is 0 Å². The highest BCUT2D eigenvalue weighted by molar-refractivity contribution is 5.16. The van der Waals surface area contributed by atoms with E-state index in [9.17, 15) is 5.11 Å². The molecular weight excluding hydrogens is 254 g/mol. The molecule has 2 aromatic rings. The molecule has 0 aliphatic heterocycles. The van der Waals surface area contributed by atoms with Crippen LogP contribution in [0.4, 0.5) is 0 Å². The lowest BCUT2D eigenvalue weighted by molar-refractivity contribution is 0.212. The van der Waals surface area contributed by atoms with E-state index in [4.69, 9.17) is 4.42 Å². The quantitative estimate of drug-likeness (QED) is 0.813. The molecule has 0 bridgehead atoms. The first-order valence-electron chi connectivity index (χ1n) is 6.99. The molecule has 20 heavy (non-hydrogen) atoms. The van der Waals surface area contributed by atoms with E-state index in [1.165, 1.54) is 0 Å². The standard InChI is InChI=1S/C15H23N3O2/c1-11(2)9-12(10-19)17-14(13-5-4-8-20-13)15-16-6-7-18(15)3/h4-8,11-12,14,17,19H,9-10H2,1-3H3. The highest BCUT2D eigenvalue weighted by Crippen LogP contribution is 2.22. The average molecular weight is 277 g/mol. The Morgan fingerprint density at radius 2 is 2.25 bits per heavy atom. The number of nitrogens with zero attached hydrogens (tertiary/aromatic N) is 2. The van der Waals surface area contributed by atoms with Crippen LogP contribution in [-0.2, 0) is 7.05 Å². The molecule has 0 aromatic carbocycles. The lowest BCUT2D eigenvalue weighted by Gasteiger charge is -2.24. The SMILES string of the molecule is CC(C)CC(CO)NC(c1ccco1)c1nccn1C. The normalized spacial score (nSPS) is 14.7. The van der Waals surface area contributed by atoms with Gasteiger partial charge in [-0.3, -0.25) is 5.32 Å². The number of imidazole rings is 1. The zero-order valence-corrected chi connectivity index (χ0v) is 12.3. The van der Waals surface area contributed by atoms with Gasteiger partial charge >= 0.3 is 0 Å². The number of aliphatic hydroxyl groups is 1. The van der Waals surface area contributed by atoms with Crippen molar-refractivity contribution in [3.05, 3.63) is 42.4 Å². The summed E-state index contributed by atoms with van der Waals surface area (Å²) in [5, 5.41) is 13.0. The fourth-order valence-electron chi connectivity index (χ4n) is 2.39. The molecule has 2 N–H and O–H groups in total. The van der Waals surface area contributed by atoms with E-state index >= 15 is 0 Å². The zero-order chi connectivity index (χ0) is 14.5. The largest absolute Gasteiger partial charge is 0.467 e. The number of furan rings is 1. The summed E-state index contributed by atoms with van der Waals surface area (Å²) in [5.41, 5.74) is 0. The van der Waals surface area contributed by atoms with Crippen molar-refractivity contribution in [3.63, 3.8) is 0 Å². The summed E-state index contributed by atoms with van der Waals surface area (Å²) in [4.78, 5) is 4.40. The van der Waals surface area contributed by atoms with Crippen molar-refractivity contribution in [3.8, 4) is 0 Å². The summed E-state index contributed by atoms with van der Waals surface area (Å²) in [5.74, 6) is 2.20. The molecule has 0 amide bonds. The predicted molar refractivity (Wildman–Crippen MR) is 77.2 cm³/mol. The third-order valence-corrected chi connectivity index (χ3v) is 3.32. The minimum Gasteiger partial charge on any atom is -0.467 e. The Hall–Kier alpha value is -1.59. The molecule has 2 heterocycles. The van der Waals surface area contributed by atoms with Gasteiger partial charge in [-0.25, -0.2) is 4.98 Å². The van der Waals surface area contributed by atoms with Gasteiger partial charge in [0.05, 0.1) is 12.9 Å². The molecule has 2 unspecified atom stereocenters. The van der Waals surface area contributed by atoms with Crippen LogP contribution in [0.25, 0.3) is 0 Å². The summed E-state index contributed by atoms with van der Waals surface area (Å²) in [6.07, 6.45) is 6.23. The maximum absolute atomic E-state index is 9.57. The molecule has 0 aliphatic rings. The van der Waals surface area contributed by atoms with Gasteiger partial charge in [0.15, 0.2) is 0 Å². The van der Waals surface area contributed by atoms with Crippen molar-refractivity contribution in [2.45, 2.75) is 32.4 Å². The molecule has 5 heteroatoms. The summed E-state index contributed by atoms with van der Waals surface area (Å²) in [6.45, 7) is 4.39. The van der Waals surface area contributed by atoms with Gasteiger partial charge in [0.25, 0.3) is 0 Å². The van der Waals surface area contributed by atoms with Crippen molar-refractivity contribution in [2.75, 3.05) is 6.61 Å². The van der Waals surface area contributed by atoms with Crippen molar-refractivity contribution in [1.29, 1.82) is 0 Å². The lowest BCUT2D eigenvalue weighted by atomic mass is 10.0. The first kappa shape index (κ1) is 14.8. The maximum Gasteiger partial charge on any atom is 0.133 e. The predicted octanol–water partition coefficient (Wildman–Crippen LogP) is 2.10. The molecule has 0 fully saturated rings. The molecule has 5 nitrogen and oxygen atoms in total. The highest BCUT2D eigenvalue weighted by atomic mass is 16.3. The van der Waals surface area contributed by atoms with Crippen LogP contribution in [0.2, 0.25) is 0 Å². The van der Waals surface area contributed by atoms with Gasteiger partial charge in [0.1, 0.15) is 17.6 Å². The van der Waals surface area contributed by atoms with Crippen molar-refractivity contribution < 1.29 is 9.52 Å². The minimum atomic E-state index is -0.152. The van der Waals surface area contributed by atoms with Crippen molar-refractivity contribution >= 4 is 0 Å². The summed E-state index contributed by atoms with van der Waals surface area (Å²) >= 11 is 0. The van der Waals surface area contributed by atoms with Crippen LogP contribution in [0.1, 0.15) is 37.9 Å². The van der Waals surface area contributed by atoms with Crippen molar-refractivity contribution in [1.82, 2.24) is 14.9 Å². The molecular formula is C15H23N3O2. The monoisotopic (exact) mass is 277 g/mol. The van der Waals surface area contributed by atoms with Crippen LogP contribution in [0.5, 0.6) is 0 Å². The Morgan fingerprint density at radius 1 is 1.45 bits per heavy atom. The lowest BCUT2D eigenvalue weighted by Crippen LogP contribution is -2.38. The van der Waals surface area contributed by atoms with E-state index in [-0.39, 0.29) is 18.7 Å². The second kappa shape index (κ2) is 6.72. The first-order chi connectivity index (χ1) is 9.61. The molecule has 2 aromatic heterocycles. The number of aliphatic hydroxyl groups excluding tert-OH is 1. The van der Waals surface area contributed by atoms with Gasteiger partial charge in [-0.1, -0.05) is 13.8 Å². The fraction of sp³-hybridized carbons (Fsp3) is 0.533. The Labute approximate surface area is 119 Å². The van der Waals surface area contributed by atoms with Crippen LogP contribution in [-0.4, -0.2) is 27.3 Å². The van der Waals surface area contributed by atoms with Gasteiger partial charge in [0, 0.05) is 25.5 Å². The molecule has 110 valence electrons. The Kier molecular flexibility index (Phi) is 4.98. The van der Waals surface area contributed by atoms with Crippen LogP contribution < -0.4 is 5.32 Å². The maximum atomic E-state index is 9.57. The smallest absolute Gasteiger partial charge is 0.133 e. The third-order valence-electron chi connectivity index (χ3n) is 3.32. The average Bonchev–Trinajstić information content (AvgIpc) is 3.05. The molecule has 0 saturated carbocycles. The molecule has 0 spiro atoms. The summed E-state index contributed by atoms with van der Waals surface area (Å²) in [7, 11) is 1.95. The number of hydrogen-bond acceptors (Lipinski definition) is 4. The fourth-order valence-corrected chi connectivity index (χ4v) is 2.39. The van der Waals surface area contributed by atoms with Crippen molar-refractivity contribution in [2.24, 2.45) is 13.0 Å². The van der Waals surface area contributed by atoms with Gasteiger partial charge < -0.3 is 14.1 Å². The molecule has 2 atom stereocenters. The van der Waals surface area contributed by atoms with E-state index in [2.05, 4.69) is 24.1 Å². The molecule has 0 aliphatic carbocycles. The Morgan fingerprint density at radius 3 is 2.75 bits per heavy atom. The molecule has 0 saturated heterocycles. The number of hydrogen-bond donors (Lipinski definition) is 2. The van der Waals surface area contributed by atoms with Gasteiger partial charge in [-0.2, -0.15) is 0 Å². The second-order valence-corrected chi connectivity index (χ2v) is 5.52. The van der Waals surface area contributed by atoms with Crippen LogP contribution in [0.15, 0.2) is 35.2 Å². The molecule has 0 radical (unpaired) electrons. The van der Waals surface area contributed by atoms with Crippen LogP contribution in [0.3, 0.4) is 0 Å². The summed E-state index contributed by atoms with van der Waals surface area (Å²) < 4.78 is 7.49. The van der Waals surface area contributed by atoms with E-state index in [0.717, 1.165) is 18.0 Å². The van der Waals surface area contributed by atoms with Crippen LogP contribution >= 0.6 is 0 Å². The van der Waals surface area contributed by atoms with Crippen LogP contribution in [0, 0.1) is 5.92 Å².